The van der Waals surface area contributed by atoms with Crippen molar-refractivity contribution in [2.24, 2.45) is 5.92 Å². The van der Waals surface area contributed by atoms with Crippen LogP contribution in [-0.2, 0) is 17.8 Å². The Morgan fingerprint density at radius 3 is 2.93 bits per heavy atom. The van der Waals surface area contributed by atoms with E-state index in [4.69, 9.17) is 0 Å². The molecule has 1 amide bonds. The van der Waals surface area contributed by atoms with Crippen molar-refractivity contribution in [1.82, 2.24) is 9.88 Å². The lowest BCUT2D eigenvalue weighted by Gasteiger charge is -2.27. The van der Waals surface area contributed by atoms with Crippen LogP contribution in [0.3, 0.4) is 0 Å². The molecule has 0 unspecified atom stereocenters. The number of carbonyl (C=O) groups is 1. The Morgan fingerprint density at radius 2 is 2.27 bits per heavy atom. The van der Waals surface area contributed by atoms with Gasteiger partial charge in [-0.1, -0.05) is 13.8 Å². The largest absolute Gasteiger partial charge is 0.337 e. The monoisotopic (exact) mass is 224 g/mol. The van der Waals surface area contributed by atoms with E-state index < -0.39 is 0 Å². The number of carbonyl (C=O) groups excluding carboxylic acids is 1. The van der Waals surface area contributed by atoms with E-state index in [9.17, 15) is 4.79 Å². The average molecular weight is 224 g/mol. The molecule has 0 N–H and O–H groups in total. The molecule has 82 valence electrons. The van der Waals surface area contributed by atoms with Crippen molar-refractivity contribution in [2.45, 2.75) is 33.7 Å². The van der Waals surface area contributed by atoms with Crippen LogP contribution in [0.5, 0.6) is 0 Å². The fourth-order valence-corrected chi connectivity index (χ4v) is 2.88. The maximum atomic E-state index is 11.8. The number of thiazole rings is 1. The predicted octanol–water partition coefficient (Wildman–Crippen LogP) is 1.99. The molecule has 0 atom stereocenters. The summed E-state index contributed by atoms with van der Waals surface area (Å²) in [7, 11) is 0. The summed E-state index contributed by atoms with van der Waals surface area (Å²) in [5.74, 6) is 0.354. The zero-order chi connectivity index (χ0) is 11.0. The number of hydrogen-bond acceptors (Lipinski definition) is 3. The molecule has 0 fully saturated rings. The lowest BCUT2D eigenvalue weighted by molar-refractivity contribution is -0.135. The van der Waals surface area contributed by atoms with Gasteiger partial charge in [-0.05, 0) is 6.92 Å². The van der Waals surface area contributed by atoms with Crippen LogP contribution in [-0.4, -0.2) is 22.3 Å². The number of aryl methyl sites for hydroxylation is 1. The van der Waals surface area contributed by atoms with Gasteiger partial charge in [0.1, 0.15) is 0 Å². The Kier molecular flexibility index (Phi) is 2.78. The van der Waals surface area contributed by atoms with Gasteiger partial charge in [0.2, 0.25) is 5.91 Å². The first kappa shape index (κ1) is 10.6. The molecule has 0 saturated heterocycles. The van der Waals surface area contributed by atoms with E-state index in [0.29, 0.717) is 0 Å². The van der Waals surface area contributed by atoms with Crippen LogP contribution in [0.15, 0.2) is 0 Å². The standard InChI is InChI=1S/C11H16N2OS/c1-7(2)11(14)13-5-4-9-10(6-13)15-8(3)12-9/h7H,4-6H2,1-3H3. The van der Waals surface area contributed by atoms with Crippen LogP contribution in [0.1, 0.15) is 29.4 Å². The Hall–Kier alpha value is -0.900. The lowest BCUT2D eigenvalue weighted by Crippen LogP contribution is -2.37. The van der Waals surface area contributed by atoms with Gasteiger partial charge in [-0.3, -0.25) is 4.79 Å². The fourth-order valence-electron chi connectivity index (χ4n) is 1.88. The molecule has 0 aromatic carbocycles. The molecular weight excluding hydrogens is 208 g/mol. The molecule has 15 heavy (non-hydrogen) atoms. The summed E-state index contributed by atoms with van der Waals surface area (Å²) < 4.78 is 0. The normalized spacial score (nSPS) is 15.6. The highest BCUT2D eigenvalue weighted by Crippen LogP contribution is 2.25. The van der Waals surface area contributed by atoms with Gasteiger partial charge in [0.25, 0.3) is 0 Å². The van der Waals surface area contributed by atoms with Crippen LogP contribution < -0.4 is 0 Å². The molecule has 1 aliphatic heterocycles. The topological polar surface area (TPSA) is 33.2 Å². The number of nitrogens with zero attached hydrogens (tertiary/aromatic N) is 2. The average Bonchev–Trinajstić information content (AvgIpc) is 2.55. The first-order chi connectivity index (χ1) is 7.08. The number of amides is 1. The maximum absolute atomic E-state index is 11.8. The van der Waals surface area contributed by atoms with E-state index in [2.05, 4.69) is 4.98 Å². The van der Waals surface area contributed by atoms with Crippen LogP contribution in [0.4, 0.5) is 0 Å². The van der Waals surface area contributed by atoms with Crippen LogP contribution in [0.2, 0.25) is 0 Å². The van der Waals surface area contributed by atoms with Crippen molar-refractivity contribution < 1.29 is 4.79 Å². The van der Waals surface area contributed by atoms with Gasteiger partial charge >= 0.3 is 0 Å². The summed E-state index contributed by atoms with van der Waals surface area (Å²) in [5.41, 5.74) is 1.20. The van der Waals surface area contributed by atoms with Crippen molar-refractivity contribution in [3.05, 3.63) is 15.6 Å². The second kappa shape index (κ2) is 3.93. The van der Waals surface area contributed by atoms with E-state index in [-0.39, 0.29) is 11.8 Å². The third kappa shape index (κ3) is 2.04. The smallest absolute Gasteiger partial charge is 0.225 e. The van der Waals surface area contributed by atoms with Crippen molar-refractivity contribution in [1.29, 1.82) is 0 Å². The molecule has 1 aromatic rings. The minimum Gasteiger partial charge on any atom is -0.337 e. The minimum atomic E-state index is 0.0977. The summed E-state index contributed by atoms with van der Waals surface area (Å²) >= 11 is 1.72. The summed E-state index contributed by atoms with van der Waals surface area (Å²) in [6, 6.07) is 0. The van der Waals surface area contributed by atoms with Crippen molar-refractivity contribution in [3.63, 3.8) is 0 Å². The van der Waals surface area contributed by atoms with E-state index in [0.717, 1.165) is 24.5 Å². The molecule has 3 nitrogen and oxygen atoms in total. The quantitative estimate of drug-likeness (QED) is 0.731. The Balaban J connectivity index is 2.15. The molecule has 2 heterocycles. The van der Waals surface area contributed by atoms with E-state index in [1.807, 2.05) is 25.7 Å². The van der Waals surface area contributed by atoms with Crippen molar-refractivity contribution in [2.75, 3.05) is 6.54 Å². The summed E-state index contributed by atoms with van der Waals surface area (Å²) in [6.07, 6.45) is 0.915. The molecule has 2 rings (SSSR count). The molecule has 0 spiro atoms. The fraction of sp³-hybridized carbons (Fsp3) is 0.636. The van der Waals surface area contributed by atoms with Gasteiger partial charge in [0.05, 0.1) is 17.2 Å². The summed E-state index contributed by atoms with van der Waals surface area (Å²) in [5, 5.41) is 1.11. The Labute approximate surface area is 94.1 Å². The Morgan fingerprint density at radius 1 is 1.53 bits per heavy atom. The molecule has 0 bridgehead atoms. The number of hydrogen-bond donors (Lipinski definition) is 0. The summed E-state index contributed by atoms with van der Waals surface area (Å²) in [4.78, 5) is 19.5. The van der Waals surface area contributed by atoms with Gasteiger partial charge in [-0.2, -0.15) is 0 Å². The summed E-state index contributed by atoms with van der Waals surface area (Å²) in [6.45, 7) is 7.52. The highest BCUT2D eigenvalue weighted by atomic mass is 32.1. The molecule has 1 aliphatic rings. The number of fused-ring (bicyclic) bond motifs is 1. The van der Waals surface area contributed by atoms with Crippen LogP contribution in [0.25, 0.3) is 0 Å². The molecule has 4 heteroatoms. The van der Waals surface area contributed by atoms with Gasteiger partial charge in [0.15, 0.2) is 0 Å². The maximum Gasteiger partial charge on any atom is 0.225 e. The van der Waals surface area contributed by atoms with E-state index in [1.165, 1.54) is 10.6 Å². The lowest BCUT2D eigenvalue weighted by atomic mass is 10.1. The van der Waals surface area contributed by atoms with E-state index >= 15 is 0 Å². The van der Waals surface area contributed by atoms with Gasteiger partial charge < -0.3 is 4.90 Å². The first-order valence-electron chi connectivity index (χ1n) is 5.32. The molecule has 0 saturated carbocycles. The zero-order valence-electron chi connectivity index (χ0n) is 9.41. The third-order valence-corrected chi connectivity index (χ3v) is 3.64. The van der Waals surface area contributed by atoms with Gasteiger partial charge in [-0.15, -0.1) is 11.3 Å². The third-order valence-electron chi connectivity index (χ3n) is 2.64. The minimum absolute atomic E-state index is 0.0977. The van der Waals surface area contributed by atoms with E-state index in [1.54, 1.807) is 11.3 Å². The van der Waals surface area contributed by atoms with Crippen LogP contribution >= 0.6 is 11.3 Å². The van der Waals surface area contributed by atoms with Gasteiger partial charge in [-0.25, -0.2) is 4.98 Å². The highest BCUT2D eigenvalue weighted by molar-refractivity contribution is 7.11. The number of aromatic nitrogens is 1. The predicted molar refractivity (Wildman–Crippen MR) is 60.8 cm³/mol. The van der Waals surface area contributed by atoms with Gasteiger partial charge in [0, 0.05) is 23.8 Å². The molecule has 0 aliphatic carbocycles. The van der Waals surface area contributed by atoms with Crippen molar-refractivity contribution >= 4 is 17.2 Å². The number of rotatable bonds is 1. The molecule has 0 radical (unpaired) electrons. The Bertz CT molecular complexity index is 384. The molecule has 1 aromatic heterocycles. The SMILES string of the molecule is Cc1nc2c(s1)CN(C(=O)C(C)C)CC2. The second-order valence-corrected chi connectivity index (χ2v) is 5.55. The molecular formula is C11H16N2OS. The second-order valence-electron chi connectivity index (χ2n) is 4.27. The van der Waals surface area contributed by atoms with Crippen LogP contribution in [0, 0.1) is 12.8 Å². The zero-order valence-corrected chi connectivity index (χ0v) is 10.2. The first-order valence-corrected chi connectivity index (χ1v) is 6.13. The van der Waals surface area contributed by atoms with Crippen molar-refractivity contribution in [3.8, 4) is 0 Å². The highest BCUT2D eigenvalue weighted by Gasteiger charge is 2.24.